The number of likely N-dealkylation sites (tertiary alicyclic amines) is 2. The number of thiophene rings is 1. The molecule has 0 radical (unpaired) electrons. The van der Waals surface area contributed by atoms with E-state index < -0.39 is 23.9 Å². The molecule has 1 saturated carbocycles. The number of carboxylic acids is 4. The minimum atomic E-state index is -1.82. The molecule has 0 unspecified atom stereocenters. The Hall–Kier alpha value is -5.51. The minimum absolute atomic E-state index is 0.0100. The van der Waals surface area contributed by atoms with E-state index in [1.165, 1.54) is 77.5 Å². The fraction of sp³-hybridized carbons (Fsp3) is 0.419. The van der Waals surface area contributed by atoms with Crippen LogP contribution in [0.4, 0.5) is 0 Å². The van der Waals surface area contributed by atoms with Gasteiger partial charge in [0.1, 0.15) is 30.0 Å². The van der Waals surface area contributed by atoms with E-state index in [4.69, 9.17) is 53.8 Å². The van der Waals surface area contributed by atoms with Crippen molar-refractivity contribution in [2.24, 2.45) is 0 Å². The van der Waals surface area contributed by atoms with E-state index in [1.54, 1.807) is 18.4 Å². The van der Waals surface area contributed by atoms with Crippen LogP contribution in [-0.4, -0.2) is 118 Å². The van der Waals surface area contributed by atoms with Crippen molar-refractivity contribution in [3.05, 3.63) is 77.9 Å². The average Bonchev–Trinajstić information content (AvgIpc) is 3.90. The first kappa shape index (κ1) is 43.6. The Kier molecular flexibility index (Phi) is 16.0. The van der Waals surface area contributed by atoms with Crippen molar-refractivity contribution >= 4 is 51.1 Å². The molecule has 4 N–H and O–H groups in total. The Morgan fingerprint density at radius 2 is 1.24 bits per heavy atom. The second-order valence-electron chi connectivity index (χ2n) is 14.3. The van der Waals surface area contributed by atoms with Crippen LogP contribution < -0.4 is 14.2 Å². The second kappa shape index (κ2) is 21.3. The first-order valence-electron chi connectivity index (χ1n) is 19.5. The van der Waals surface area contributed by atoms with Crippen LogP contribution in [0.3, 0.4) is 0 Å². The first-order valence-corrected chi connectivity index (χ1v) is 20.3. The van der Waals surface area contributed by atoms with Gasteiger partial charge >= 0.3 is 23.9 Å². The molecule has 3 aromatic carbocycles. The quantitative estimate of drug-likeness (QED) is 0.0913. The predicted octanol–water partition coefficient (Wildman–Crippen LogP) is 6.77. The molecule has 1 aromatic heterocycles. The van der Waals surface area contributed by atoms with Gasteiger partial charge in [0.05, 0.1) is 7.11 Å². The summed E-state index contributed by atoms with van der Waals surface area (Å²) in [5.74, 6) is -4.84. The van der Waals surface area contributed by atoms with Gasteiger partial charge in [-0.15, -0.1) is 11.3 Å². The molecular weight excluding hydrogens is 769 g/mol. The van der Waals surface area contributed by atoms with Crippen molar-refractivity contribution in [3.63, 3.8) is 0 Å². The van der Waals surface area contributed by atoms with E-state index in [2.05, 4.69) is 28.0 Å². The Labute approximate surface area is 340 Å². The van der Waals surface area contributed by atoms with Crippen LogP contribution >= 0.6 is 11.3 Å². The molecular formula is C43H50N2O12S. The summed E-state index contributed by atoms with van der Waals surface area (Å²) in [4.78, 5) is 56.8. The van der Waals surface area contributed by atoms with E-state index in [-0.39, 0.29) is 11.9 Å². The number of piperidine rings is 1. The number of aliphatic carboxylic acids is 4. The Morgan fingerprint density at radius 3 is 1.84 bits per heavy atom. The number of methoxy groups -OCH3 is 1. The zero-order chi connectivity index (χ0) is 41.6. The molecule has 1 aliphatic carbocycles. The van der Waals surface area contributed by atoms with Crippen molar-refractivity contribution in [2.75, 3.05) is 46.4 Å². The van der Waals surface area contributed by atoms with Crippen molar-refractivity contribution in [2.45, 2.75) is 69.9 Å². The number of carbonyl (C=O) groups excluding carboxylic acids is 1. The van der Waals surface area contributed by atoms with Gasteiger partial charge < -0.3 is 34.6 Å². The maximum Gasteiger partial charge on any atom is 0.414 e. The molecule has 310 valence electrons. The van der Waals surface area contributed by atoms with Crippen LogP contribution in [0, 0.1) is 0 Å². The number of ether oxygens (including phenoxy) is 3. The van der Waals surface area contributed by atoms with Gasteiger partial charge in [-0.2, -0.15) is 0 Å². The fourth-order valence-electron chi connectivity index (χ4n) is 7.52. The average molecular weight is 819 g/mol. The van der Waals surface area contributed by atoms with Crippen LogP contribution in [0.25, 0.3) is 20.5 Å². The summed E-state index contributed by atoms with van der Waals surface area (Å²) in [5.41, 5.74) is 2.39. The van der Waals surface area contributed by atoms with E-state index in [0.717, 1.165) is 50.7 Å². The van der Waals surface area contributed by atoms with Crippen LogP contribution in [-0.2, 0) is 19.2 Å². The molecule has 0 amide bonds. The lowest BCUT2D eigenvalue weighted by atomic mass is 9.90. The smallest absolute Gasteiger partial charge is 0.414 e. The number of carbonyl (C=O) groups is 5. The zero-order valence-electron chi connectivity index (χ0n) is 32.5. The second-order valence-corrected chi connectivity index (χ2v) is 15.3. The van der Waals surface area contributed by atoms with Gasteiger partial charge in [0.25, 0.3) is 0 Å². The molecule has 2 atom stereocenters. The van der Waals surface area contributed by atoms with Gasteiger partial charge in [0, 0.05) is 38.7 Å². The number of fused-ring (bicyclic) bond motifs is 1. The molecule has 15 heteroatoms. The van der Waals surface area contributed by atoms with Gasteiger partial charge in [0.2, 0.25) is 0 Å². The summed E-state index contributed by atoms with van der Waals surface area (Å²) in [6, 6.07) is 22.5. The number of carboxylic acid groups (broad SMARTS) is 4. The van der Waals surface area contributed by atoms with Crippen LogP contribution in [0.2, 0.25) is 0 Å². The molecule has 2 aliphatic heterocycles. The summed E-state index contributed by atoms with van der Waals surface area (Å²) < 4.78 is 19.3. The summed E-state index contributed by atoms with van der Waals surface area (Å²) >= 11 is 1.65. The van der Waals surface area contributed by atoms with E-state index in [9.17, 15) is 4.79 Å². The van der Waals surface area contributed by atoms with Crippen LogP contribution in [0.1, 0.15) is 73.7 Å². The lowest BCUT2D eigenvalue weighted by molar-refractivity contribution is -0.159. The van der Waals surface area contributed by atoms with Crippen molar-refractivity contribution in [1.29, 1.82) is 0 Å². The molecule has 3 fully saturated rings. The third-order valence-corrected chi connectivity index (χ3v) is 11.6. The zero-order valence-corrected chi connectivity index (χ0v) is 33.3. The van der Waals surface area contributed by atoms with Crippen molar-refractivity contribution in [1.82, 2.24) is 9.80 Å². The number of nitrogens with zero attached hydrogens (tertiary/aromatic N) is 2. The highest BCUT2D eigenvalue weighted by molar-refractivity contribution is 7.22. The van der Waals surface area contributed by atoms with Crippen LogP contribution in [0.15, 0.2) is 66.7 Å². The maximum absolute atomic E-state index is 14.3. The van der Waals surface area contributed by atoms with Gasteiger partial charge in [-0.3, -0.25) is 14.6 Å². The molecule has 0 spiro atoms. The predicted molar refractivity (Wildman–Crippen MR) is 217 cm³/mol. The first-order chi connectivity index (χ1) is 27.9. The monoisotopic (exact) mass is 818 g/mol. The van der Waals surface area contributed by atoms with E-state index in [1.807, 2.05) is 48.5 Å². The fourth-order valence-corrected chi connectivity index (χ4v) is 8.71. The Bertz CT molecular complexity index is 1970. The lowest BCUT2D eigenvalue weighted by Crippen LogP contribution is -2.49. The normalized spacial score (nSPS) is 18.2. The number of benzene rings is 3. The van der Waals surface area contributed by atoms with Gasteiger partial charge in [-0.05, 0) is 143 Å². The summed E-state index contributed by atoms with van der Waals surface area (Å²) in [6.45, 7) is 6.37. The third-order valence-electron chi connectivity index (χ3n) is 10.4. The van der Waals surface area contributed by atoms with E-state index in [0.29, 0.717) is 23.8 Å². The highest BCUT2D eigenvalue weighted by Crippen LogP contribution is 2.42. The minimum Gasteiger partial charge on any atom is -0.497 e. The molecule has 58 heavy (non-hydrogen) atoms. The lowest BCUT2D eigenvalue weighted by Gasteiger charge is -2.41. The number of ketones is 1. The van der Waals surface area contributed by atoms with Gasteiger partial charge in [-0.25, -0.2) is 19.2 Å². The molecule has 14 nitrogen and oxygen atoms in total. The van der Waals surface area contributed by atoms with E-state index >= 15 is 0 Å². The summed E-state index contributed by atoms with van der Waals surface area (Å²) in [5, 5.41) is 30.5. The van der Waals surface area contributed by atoms with Crippen LogP contribution in [0.5, 0.6) is 17.2 Å². The van der Waals surface area contributed by atoms with Crippen molar-refractivity contribution < 1.29 is 58.6 Å². The largest absolute Gasteiger partial charge is 0.497 e. The molecule has 4 aromatic rings. The molecule has 3 aliphatic rings. The molecule has 2 saturated heterocycles. The molecule has 0 bridgehead atoms. The molecule has 3 heterocycles. The maximum atomic E-state index is 14.3. The topological polar surface area (TPSA) is 200 Å². The summed E-state index contributed by atoms with van der Waals surface area (Å²) in [6.07, 6.45) is 11.5. The van der Waals surface area contributed by atoms with Gasteiger partial charge in [-0.1, -0.05) is 12.8 Å². The molecule has 7 rings (SSSR count). The Balaban J connectivity index is 0.000000468. The number of rotatable bonds is 11. The highest BCUT2D eigenvalue weighted by atomic mass is 32.1. The Morgan fingerprint density at radius 1 is 0.672 bits per heavy atom. The van der Waals surface area contributed by atoms with Crippen molar-refractivity contribution in [3.8, 4) is 27.7 Å². The van der Waals surface area contributed by atoms with Gasteiger partial charge in [0.15, 0.2) is 5.78 Å². The summed E-state index contributed by atoms with van der Waals surface area (Å²) in [7, 11) is 1.67. The third kappa shape index (κ3) is 12.0. The number of hydrogen-bond donors (Lipinski definition) is 4. The standard InChI is InChI=1S/C39H46N2O4S.2C2H2O4/c1-43-32-19-20-36-33(27-32)37(39(46-36)29-13-15-30(16-14-29)44-26-25-40-21-7-8-22-40)38(42)28-11-17-31(18-12-28)45-35-10-4-3-9-34(35)41-23-5-2-6-24-41;2*3-1(4)2(5)6/h11-20,27,34-35H,2-10,21-26H2,1H3;2*(H,3,4)(H,5,6)/t34-,35-;;/m1../s1. The SMILES string of the molecule is COc1ccc2sc(-c3ccc(OCCN4CCCC4)cc3)c(C(=O)c3ccc(O[C@@H]4CCCC[C@H]4N4CCCCC4)cc3)c2c1.O=C(O)C(=O)O.O=C(O)C(=O)O. The number of hydrogen-bond acceptors (Lipinski definition) is 11. The highest BCUT2D eigenvalue weighted by Gasteiger charge is 2.32.